The standard InChI is InChI=1S/C22H20ClN3O3S/c1-13-11-14(25-21-26-17-4-2-3-16(23)19(17)29-21)5-6-15(13)18-12-24-20(30-18)22(27)7-9-28-10-8-22/h2-6,11-12,27H,7-10H2,1H3,(H,25,26). The molecule has 1 aliphatic heterocycles. The Kier molecular flexibility index (Phi) is 4.99. The van der Waals surface area contributed by atoms with E-state index in [1.54, 1.807) is 6.07 Å². The molecule has 0 radical (unpaired) electrons. The summed E-state index contributed by atoms with van der Waals surface area (Å²) in [6.45, 7) is 3.17. The fourth-order valence-corrected chi connectivity index (χ4v) is 5.01. The average Bonchev–Trinajstić information content (AvgIpc) is 3.37. The molecule has 5 rings (SSSR count). The number of hydrogen-bond acceptors (Lipinski definition) is 7. The minimum absolute atomic E-state index is 0.395. The van der Waals surface area contributed by atoms with Crippen LogP contribution in [0.25, 0.3) is 21.5 Å². The van der Waals surface area contributed by atoms with Crippen LogP contribution in [0.4, 0.5) is 11.7 Å². The number of nitrogens with one attached hydrogen (secondary N) is 1. The van der Waals surface area contributed by atoms with E-state index in [0.717, 1.165) is 26.7 Å². The van der Waals surface area contributed by atoms with Crippen molar-refractivity contribution in [3.8, 4) is 10.4 Å². The molecule has 1 aliphatic rings. The first-order chi connectivity index (χ1) is 14.5. The summed E-state index contributed by atoms with van der Waals surface area (Å²) in [5, 5.41) is 15.4. The number of para-hydroxylation sites is 1. The topological polar surface area (TPSA) is 80.4 Å². The summed E-state index contributed by atoms with van der Waals surface area (Å²) >= 11 is 7.70. The molecule has 2 aromatic heterocycles. The molecule has 0 atom stereocenters. The molecule has 1 saturated heterocycles. The quantitative estimate of drug-likeness (QED) is 0.425. The summed E-state index contributed by atoms with van der Waals surface area (Å²) in [5.74, 6) is 0. The number of hydrogen-bond donors (Lipinski definition) is 2. The Balaban J connectivity index is 1.39. The second kappa shape index (κ2) is 7.67. The second-order valence-electron chi connectivity index (χ2n) is 7.44. The van der Waals surface area contributed by atoms with E-state index in [2.05, 4.69) is 15.3 Å². The third kappa shape index (κ3) is 3.58. The first kappa shape index (κ1) is 19.5. The van der Waals surface area contributed by atoms with E-state index in [1.165, 1.54) is 11.3 Å². The number of nitrogens with zero attached hydrogens (tertiary/aromatic N) is 2. The lowest BCUT2D eigenvalue weighted by atomic mass is 9.95. The molecule has 1 fully saturated rings. The van der Waals surface area contributed by atoms with Crippen LogP contribution in [0.1, 0.15) is 23.4 Å². The molecule has 4 aromatic rings. The highest BCUT2D eigenvalue weighted by Crippen LogP contribution is 2.39. The number of halogens is 1. The highest BCUT2D eigenvalue weighted by molar-refractivity contribution is 7.15. The summed E-state index contributed by atoms with van der Waals surface area (Å²) in [6.07, 6.45) is 3.00. The molecule has 6 nitrogen and oxygen atoms in total. The van der Waals surface area contributed by atoms with Crippen molar-refractivity contribution >= 4 is 45.7 Å². The number of aryl methyl sites for hydroxylation is 1. The highest BCUT2D eigenvalue weighted by atomic mass is 35.5. The van der Waals surface area contributed by atoms with E-state index in [0.29, 0.717) is 48.2 Å². The van der Waals surface area contributed by atoms with E-state index in [-0.39, 0.29) is 0 Å². The number of benzene rings is 2. The van der Waals surface area contributed by atoms with Crippen LogP contribution in [0.3, 0.4) is 0 Å². The Bertz CT molecular complexity index is 1210. The number of aliphatic hydroxyl groups is 1. The molecular weight excluding hydrogens is 422 g/mol. The van der Waals surface area contributed by atoms with Crippen LogP contribution in [0.2, 0.25) is 5.02 Å². The van der Waals surface area contributed by atoms with Gasteiger partial charge >= 0.3 is 0 Å². The molecule has 154 valence electrons. The number of fused-ring (bicyclic) bond motifs is 1. The normalized spacial score (nSPS) is 16.1. The van der Waals surface area contributed by atoms with Gasteiger partial charge in [0.05, 0.1) is 9.90 Å². The predicted octanol–water partition coefficient (Wildman–Crippen LogP) is 5.65. The number of aromatic nitrogens is 2. The monoisotopic (exact) mass is 441 g/mol. The van der Waals surface area contributed by atoms with Crippen molar-refractivity contribution in [2.45, 2.75) is 25.4 Å². The molecule has 0 bridgehead atoms. The Morgan fingerprint density at radius 2 is 2.03 bits per heavy atom. The van der Waals surface area contributed by atoms with Gasteiger partial charge in [0, 0.05) is 37.9 Å². The van der Waals surface area contributed by atoms with E-state index in [4.69, 9.17) is 20.8 Å². The number of ether oxygens (including phenoxy) is 1. The molecule has 30 heavy (non-hydrogen) atoms. The van der Waals surface area contributed by atoms with Crippen LogP contribution in [-0.4, -0.2) is 28.3 Å². The number of rotatable bonds is 4. The van der Waals surface area contributed by atoms with Gasteiger partial charge in [0.2, 0.25) is 0 Å². The Hall–Kier alpha value is -2.45. The van der Waals surface area contributed by atoms with Crippen LogP contribution < -0.4 is 5.32 Å². The smallest absolute Gasteiger partial charge is 0.300 e. The van der Waals surface area contributed by atoms with E-state index >= 15 is 0 Å². The lowest BCUT2D eigenvalue weighted by Crippen LogP contribution is -2.33. The van der Waals surface area contributed by atoms with E-state index in [1.807, 2.05) is 43.5 Å². The molecule has 3 heterocycles. The van der Waals surface area contributed by atoms with Crippen LogP contribution >= 0.6 is 22.9 Å². The van der Waals surface area contributed by atoms with Crippen LogP contribution in [-0.2, 0) is 10.3 Å². The minimum atomic E-state index is -0.884. The summed E-state index contributed by atoms with van der Waals surface area (Å²) in [6, 6.07) is 11.9. The zero-order valence-electron chi connectivity index (χ0n) is 16.3. The second-order valence-corrected chi connectivity index (χ2v) is 8.87. The Morgan fingerprint density at radius 1 is 1.20 bits per heavy atom. The van der Waals surface area contributed by atoms with Crippen molar-refractivity contribution in [2.24, 2.45) is 0 Å². The van der Waals surface area contributed by atoms with Gasteiger partial charge in [-0.3, -0.25) is 0 Å². The maximum absolute atomic E-state index is 10.9. The molecule has 0 saturated carbocycles. The summed E-state index contributed by atoms with van der Waals surface area (Å²) in [7, 11) is 0. The molecule has 0 amide bonds. The third-order valence-electron chi connectivity index (χ3n) is 5.33. The third-order valence-corrected chi connectivity index (χ3v) is 6.86. The number of anilines is 2. The average molecular weight is 442 g/mol. The SMILES string of the molecule is Cc1cc(Nc2nc3cccc(Cl)c3o2)ccc1-c1cnc(C2(O)CCOCC2)s1. The fraction of sp³-hybridized carbons (Fsp3) is 0.273. The molecule has 0 spiro atoms. The van der Waals surface area contributed by atoms with Crippen molar-refractivity contribution in [3.63, 3.8) is 0 Å². The van der Waals surface area contributed by atoms with Gasteiger partial charge in [0.1, 0.15) is 16.1 Å². The zero-order chi connectivity index (χ0) is 20.7. The first-order valence-electron chi connectivity index (χ1n) is 9.71. The maximum atomic E-state index is 10.9. The van der Waals surface area contributed by atoms with Gasteiger partial charge in [-0.1, -0.05) is 23.7 Å². The Labute approximate surface area is 182 Å². The van der Waals surface area contributed by atoms with E-state index < -0.39 is 5.60 Å². The number of thiazole rings is 1. The fourth-order valence-electron chi connectivity index (χ4n) is 3.65. The van der Waals surface area contributed by atoms with E-state index in [9.17, 15) is 5.11 Å². The van der Waals surface area contributed by atoms with Crippen LogP contribution in [0, 0.1) is 6.92 Å². The van der Waals surface area contributed by atoms with Gasteiger partial charge in [0.25, 0.3) is 6.01 Å². The van der Waals surface area contributed by atoms with Gasteiger partial charge in [-0.05, 0) is 42.3 Å². The molecule has 0 aliphatic carbocycles. The summed E-state index contributed by atoms with van der Waals surface area (Å²) in [4.78, 5) is 9.98. The van der Waals surface area contributed by atoms with Crippen LogP contribution in [0.15, 0.2) is 47.0 Å². The zero-order valence-corrected chi connectivity index (χ0v) is 17.9. The lowest BCUT2D eigenvalue weighted by Gasteiger charge is -2.29. The molecule has 2 aromatic carbocycles. The molecule has 8 heteroatoms. The molecular formula is C22H20ClN3O3S. The molecule has 2 N–H and O–H groups in total. The van der Waals surface area contributed by atoms with Gasteiger partial charge in [-0.2, -0.15) is 4.98 Å². The molecule has 0 unspecified atom stereocenters. The van der Waals surface area contributed by atoms with Crippen molar-refractivity contribution < 1.29 is 14.3 Å². The number of oxazole rings is 1. The van der Waals surface area contributed by atoms with Gasteiger partial charge in [-0.15, -0.1) is 11.3 Å². The largest absolute Gasteiger partial charge is 0.422 e. The maximum Gasteiger partial charge on any atom is 0.300 e. The van der Waals surface area contributed by atoms with Gasteiger partial charge in [-0.25, -0.2) is 4.98 Å². The van der Waals surface area contributed by atoms with Crippen molar-refractivity contribution in [2.75, 3.05) is 18.5 Å². The predicted molar refractivity (Wildman–Crippen MR) is 119 cm³/mol. The van der Waals surface area contributed by atoms with Crippen molar-refractivity contribution in [3.05, 3.63) is 58.2 Å². The first-order valence-corrected chi connectivity index (χ1v) is 10.9. The highest BCUT2D eigenvalue weighted by Gasteiger charge is 2.34. The van der Waals surface area contributed by atoms with Crippen molar-refractivity contribution in [1.82, 2.24) is 9.97 Å². The van der Waals surface area contributed by atoms with Gasteiger partial charge in [0.15, 0.2) is 5.58 Å². The minimum Gasteiger partial charge on any atom is -0.422 e. The summed E-state index contributed by atoms with van der Waals surface area (Å²) < 4.78 is 11.1. The summed E-state index contributed by atoms with van der Waals surface area (Å²) in [5.41, 5.74) is 3.43. The van der Waals surface area contributed by atoms with Crippen molar-refractivity contribution in [1.29, 1.82) is 0 Å². The van der Waals surface area contributed by atoms with Crippen LogP contribution in [0.5, 0.6) is 0 Å². The van der Waals surface area contributed by atoms with Gasteiger partial charge < -0.3 is 19.6 Å². The lowest BCUT2D eigenvalue weighted by molar-refractivity contribution is -0.0679. The Morgan fingerprint density at radius 3 is 2.80 bits per heavy atom.